The summed E-state index contributed by atoms with van der Waals surface area (Å²) in [5.74, 6) is 0.424. The fourth-order valence-corrected chi connectivity index (χ4v) is 6.69. The van der Waals surface area contributed by atoms with Crippen LogP contribution in [0.2, 0.25) is 0 Å². The predicted molar refractivity (Wildman–Crippen MR) is 150 cm³/mol. The van der Waals surface area contributed by atoms with Gasteiger partial charge in [-0.25, -0.2) is 14.8 Å². The van der Waals surface area contributed by atoms with Crippen molar-refractivity contribution in [3.8, 4) is 0 Å². The van der Waals surface area contributed by atoms with Gasteiger partial charge in [0, 0.05) is 31.7 Å². The number of benzene rings is 1. The number of rotatable bonds is 6. The third-order valence-electron chi connectivity index (χ3n) is 8.75. The summed E-state index contributed by atoms with van der Waals surface area (Å²) in [7, 11) is 8.43. The Kier molecular flexibility index (Phi) is 7.58. The van der Waals surface area contributed by atoms with Crippen LogP contribution in [-0.4, -0.2) is 102 Å². The number of hydrogen-bond acceptors (Lipinski definition) is 8. The zero-order valence-electron chi connectivity index (χ0n) is 22.5. The van der Waals surface area contributed by atoms with E-state index in [1.165, 1.54) is 12.7 Å². The molecule has 3 aliphatic rings. The Bertz CT molecular complexity index is 1130. The Morgan fingerprint density at radius 3 is 2.24 bits per heavy atom. The lowest BCUT2D eigenvalue weighted by atomic mass is 9.69. The van der Waals surface area contributed by atoms with Gasteiger partial charge in [0.05, 0.1) is 43.8 Å². The summed E-state index contributed by atoms with van der Waals surface area (Å²) in [4.78, 5) is 42.5. The molecule has 1 saturated carbocycles. The molecule has 0 radical (unpaired) electrons. The minimum atomic E-state index is -0.231. The van der Waals surface area contributed by atoms with E-state index in [-0.39, 0.29) is 23.1 Å². The number of ether oxygens (including phenoxy) is 1. The first-order valence-electron chi connectivity index (χ1n) is 13.2. The van der Waals surface area contributed by atoms with Gasteiger partial charge in [-0.2, -0.15) is 0 Å². The zero-order chi connectivity index (χ0) is 26.9. The number of esters is 1. The Labute approximate surface area is 227 Å². The molecule has 10 nitrogen and oxygen atoms in total. The van der Waals surface area contributed by atoms with Crippen molar-refractivity contribution >= 4 is 33.0 Å². The summed E-state index contributed by atoms with van der Waals surface area (Å²) in [6, 6.07) is 10.7. The molecule has 2 amide bonds. The first-order chi connectivity index (χ1) is 18.3. The Morgan fingerprint density at radius 2 is 1.66 bits per heavy atom. The quantitative estimate of drug-likeness (QED) is 0.409. The monoisotopic (exact) mass is 539 g/mol. The van der Waals surface area contributed by atoms with E-state index in [0.29, 0.717) is 19.0 Å². The normalized spacial score (nSPS) is 26.4. The Morgan fingerprint density at radius 1 is 1.03 bits per heavy atom. The summed E-state index contributed by atoms with van der Waals surface area (Å²) in [6.07, 6.45) is 7.31. The highest BCUT2D eigenvalue weighted by molar-refractivity contribution is 7.14. The maximum absolute atomic E-state index is 13.4. The van der Waals surface area contributed by atoms with Crippen molar-refractivity contribution in [1.82, 2.24) is 24.4 Å². The fraction of sp³-hybridized carbons (Fsp3) is 0.556. The van der Waals surface area contributed by atoms with Crippen molar-refractivity contribution in [3.05, 3.63) is 48.3 Å². The van der Waals surface area contributed by atoms with E-state index in [9.17, 15) is 9.59 Å². The van der Waals surface area contributed by atoms with Gasteiger partial charge >= 0.3 is 12.0 Å². The van der Waals surface area contributed by atoms with Crippen molar-refractivity contribution in [2.45, 2.75) is 36.8 Å². The summed E-state index contributed by atoms with van der Waals surface area (Å²) >= 11 is 0. The van der Waals surface area contributed by atoms with Gasteiger partial charge in [0.1, 0.15) is 0 Å². The standard InChI is InChI=1S/C27H38N7O3P/c1-30(2)27(21-7-5-4-6-8-21)11-9-26(10-12-27)20-33(25(36)34(26)38)22-17-28-24(29-18-22)32-15-13-31(14-16-32)19-23(35)37-3/h4-8,17-18H,9-16,19-20,38H2,1-3H3. The number of urea groups is 1. The molecule has 1 unspecified atom stereocenters. The Balaban J connectivity index is 1.25. The van der Waals surface area contributed by atoms with Crippen LogP contribution in [0.5, 0.6) is 0 Å². The molecule has 2 saturated heterocycles. The van der Waals surface area contributed by atoms with Crippen molar-refractivity contribution in [2.75, 3.05) is 70.3 Å². The van der Waals surface area contributed by atoms with E-state index >= 15 is 0 Å². The summed E-state index contributed by atoms with van der Waals surface area (Å²) in [5.41, 5.74) is 1.80. The molecule has 2 aliphatic heterocycles. The van der Waals surface area contributed by atoms with Gasteiger partial charge in [-0.1, -0.05) is 30.3 Å². The SMILES string of the molecule is COC(=O)CN1CCN(c2ncc(N3CC4(CCC(c5ccccc5)(N(C)C)CC4)N(P)C3=O)cn2)CC1. The third-order valence-corrected chi connectivity index (χ3v) is 9.52. The van der Waals surface area contributed by atoms with Gasteiger partial charge in [0.15, 0.2) is 0 Å². The molecule has 2 aromatic rings. The first-order valence-corrected chi connectivity index (χ1v) is 13.8. The molecular formula is C27H38N7O3P. The van der Waals surface area contributed by atoms with Gasteiger partial charge < -0.3 is 14.3 Å². The number of amides is 2. The highest BCUT2D eigenvalue weighted by atomic mass is 31.0. The summed E-state index contributed by atoms with van der Waals surface area (Å²) < 4.78 is 6.63. The smallest absolute Gasteiger partial charge is 0.328 e. The second-order valence-corrected chi connectivity index (χ2v) is 11.4. The summed E-state index contributed by atoms with van der Waals surface area (Å²) in [5, 5.41) is 0. The van der Waals surface area contributed by atoms with Gasteiger partial charge in [-0.05, 0) is 54.7 Å². The van der Waals surface area contributed by atoms with E-state index < -0.39 is 0 Å². The maximum Gasteiger partial charge on any atom is 0.328 e. The topological polar surface area (TPSA) is 85.4 Å². The van der Waals surface area contributed by atoms with E-state index in [1.807, 2.05) is 9.57 Å². The molecule has 1 aromatic heterocycles. The molecule has 1 aliphatic carbocycles. The molecule has 38 heavy (non-hydrogen) atoms. The van der Waals surface area contributed by atoms with Crippen molar-refractivity contribution in [2.24, 2.45) is 0 Å². The molecule has 0 N–H and O–H groups in total. The molecule has 0 bridgehead atoms. The minimum absolute atomic E-state index is 0.0277. The molecule has 1 aromatic carbocycles. The van der Waals surface area contributed by atoms with E-state index in [2.05, 4.69) is 78.5 Å². The van der Waals surface area contributed by atoms with E-state index in [1.54, 1.807) is 12.4 Å². The second-order valence-electron chi connectivity index (χ2n) is 10.8. The van der Waals surface area contributed by atoms with Gasteiger partial charge in [-0.15, -0.1) is 0 Å². The molecular weight excluding hydrogens is 501 g/mol. The molecule has 1 atom stereocenters. The number of aromatic nitrogens is 2. The molecule has 1 spiro atoms. The van der Waals surface area contributed by atoms with Crippen LogP contribution in [0, 0.1) is 0 Å². The van der Waals surface area contributed by atoms with Crippen LogP contribution in [0.3, 0.4) is 0 Å². The molecule has 204 valence electrons. The number of methoxy groups -OCH3 is 1. The average molecular weight is 540 g/mol. The number of nitrogens with zero attached hydrogens (tertiary/aromatic N) is 7. The second kappa shape index (κ2) is 10.8. The van der Waals surface area contributed by atoms with Gasteiger partial charge in [0.2, 0.25) is 5.95 Å². The van der Waals surface area contributed by atoms with Gasteiger partial charge in [0.25, 0.3) is 0 Å². The first kappa shape index (κ1) is 26.8. The number of carbonyl (C=O) groups excluding carboxylic acids is 2. The number of carbonyl (C=O) groups is 2. The third kappa shape index (κ3) is 4.85. The van der Waals surface area contributed by atoms with Crippen molar-refractivity contribution in [3.63, 3.8) is 0 Å². The Hall–Kier alpha value is -2.81. The maximum atomic E-state index is 13.4. The number of hydrogen-bond donors (Lipinski definition) is 0. The van der Waals surface area contributed by atoms with Gasteiger partial charge in [-0.3, -0.25) is 19.5 Å². The summed E-state index contributed by atoms with van der Waals surface area (Å²) in [6.45, 7) is 3.88. The fourth-order valence-electron chi connectivity index (χ4n) is 6.21. The number of piperazine rings is 1. The molecule has 11 heteroatoms. The van der Waals surface area contributed by atoms with Crippen LogP contribution < -0.4 is 9.80 Å². The van der Waals surface area contributed by atoms with Crippen LogP contribution in [0.4, 0.5) is 16.4 Å². The zero-order valence-corrected chi connectivity index (χ0v) is 23.7. The largest absolute Gasteiger partial charge is 0.468 e. The van der Waals surface area contributed by atoms with Crippen molar-refractivity contribution < 1.29 is 14.3 Å². The lowest BCUT2D eigenvalue weighted by molar-refractivity contribution is -0.142. The highest BCUT2D eigenvalue weighted by Crippen LogP contribution is 2.50. The van der Waals surface area contributed by atoms with Crippen LogP contribution in [0.15, 0.2) is 42.7 Å². The highest BCUT2D eigenvalue weighted by Gasteiger charge is 2.53. The molecule has 3 fully saturated rings. The lowest BCUT2D eigenvalue weighted by Gasteiger charge is -2.50. The van der Waals surface area contributed by atoms with E-state index in [0.717, 1.165) is 57.5 Å². The predicted octanol–water partition coefficient (Wildman–Crippen LogP) is 2.57. The molecule has 5 rings (SSSR count). The van der Waals surface area contributed by atoms with Crippen LogP contribution in [0.25, 0.3) is 0 Å². The lowest BCUT2D eigenvalue weighted by Crippen LogP contribution is -2.53. The molecule has 3 heterocycles. The number of anilines is 2. The van der Waals surface area contributed by atoms with E-state index in [4.69, 9.17) is 4.74 Å². The van der Waals surface area contributed by atoms with Crippen LogP contribution in [0.1, 0.15) is 31.2 Å². The van der Waals surface area contributed by atoms with Crippen LogP contribution in [-0.2, 0) is 15.1 Å². The average Bonchev–Trinajstić information content (AvgIpc) is 3.19. The minimum Gasteiger partial charge on any atom is -0.468 e. The van der Waals surface area contributed by atoms with Crippen molar-refractivity contribution in [1.29, 1.82) is 0 Å². The van der Waals surface area contributed by atoms with Crippen LogP contribution >= 0.6 is 9.39 Å².